The van der Waals surface area contributed by atoms with Crippen molar-refractivity contribution in [3.63, 3.8) is 0 Å². The molecule has 0 saturated carbocycles. The van der Waals surface area contributed by atoms with Gasteiger partial charge in [-0.2, -0.15) is 0 Å². The number of nitrogens with zero attached hydrogens (tertiary/aromatic N) is 1. The number of rotatable bonds is 3. The molecule has 2 aromatic heterocycles. The van der Waals surface area contributed by atoms with Gasteiger partial charge in [0, 0.05) is 7.11 Å². The van der Waals surface area contributed by atoms with Crippen LogP contribution in [0.2, 0.25) is 0 Å². The van der Waals surface area contributed by atoms with Crippen LogP contribution in [-0.2, 0) is 11.3 Å². The Kier molecular flexibility index (Phi) is 2.62. The number of hydrogen-bond donors (Lipinski definition) is 2. The van der Waals surface area contributed by atoms with Gasteiger partial charge in [0.2, 0.25) is 0 Å². The summed E-state index contributed by atoms with van der Waals surface area (Å²) in [5.41, 5.74) is 5.41. The van der Waals surface area contributed by atoms with E-state index in [-0.39, 0.29) is 0 Å². The SMILES string of the molecule is COCc1cc(NN)c2sccc2n1. The monoisotopic (exact) mass is 209 g/mol. The summed E-state index contributed by atoms with van der Waals surface area (Å²) in [6.45, 7) is 0.500. The van der Waals surface area contributed by atoms with Crippen LogP contribution in [0.5, 0.6) is 0 Å². The molecule has 0 aromatic carbocycles. The summed E-state index contributed by atoms with van der Waals surface area (Å²) in [5, 5.41) is 2.00. The lowest BCUT2D eigenvalue weighted by atomic mass is 10.3. The average molecular weight is 209 g/mol. The molecule has 0 radical (unpaired) electrons. The van der Waals surface area contributed by atoms with E-state index in [1.807, 2.05) is 17.5 Å². The van der Waals surface area contributed by atoms with E-state index in [4.69, 9.17) is 10.6 Å². The highest BCUT2D eigenvalue weighted by atomic mass is 32.1. The second-order valence-electron chi connectivity index (χ2n) is 2.87. The molecule has 5 heteroatoms. The quantitative estimate of drug-likeness (QED) is 0.597. The van der Waals surface area contributed by atoms with Gasteiger partial charge in [0.1, 0.15) is 0 Å². The first-order chi connectivity index (χ1) is 6.85. The van der Waals surface area contributed by atoms with Crippen molar-refractivity contribution < 1.29 is 4.74 Å². The summed E-state index contributed by atoms with van der Waals surface area (Å²) in [6, 6.07) is 3.88. The van der Waals surface area contributed by atoms with Crippen molar-refractivity contribution in [3.05, 3.63) is 23.2 Å². The molecule has 0 amide bonds. The number of hydrogen-bond acceptors (Lipinski definition) is 5. The van der Waals surface area contributed by atoms with Crippen LogP contribution in [0.4, 0.5) is 5.69 Å². The van der Waals surface area contributed by atoms with Crippen molar-refractivity contribution in [3.8, 4) is 0 Å². The fourth-order valence-corrected chi connectivity index (χ4v) is 2.15. The van der Waals surface area contributed by atoms with Gasteiger partial charge in [0.25, 0.3) is 0 Å². The Morgan fingerprint density at radius 2 is 2.50 bits per heavy atom. The van der Waals surface area contributed by atoms with Crippen molar-refractivity contribution in [2.24, 2.45) is 5.84 Å². The van der Waals surface area contributed by atoms with Crippen LogP contribution in [-0.4, -0.2) is 12.1 Å². The van der Waals surface area contributed by atoms with E-state index in [1.165, 1.54) is 0 Å². The summed E-state index contributed by atoms with van der Waals surface area (Å²) in [5.74, 6) is 5.43. The van der Waals surface area contributed by atoms with Crippen molar-refractivity contribution >= 4 is 27.2 Å². The molecule has 14 heavy (non-hydrogen) atoms. The summed E-state index contributed by atoms with van der Waals surface area (Å²) in [4.78, 5) is 4.42. The smallest absolute Gasteiger partial charge is 0.0885 e. The maximum absolute atomic E-state index is 5.43. The molecule has 4 nitrogen and oxygen atoms in total. The second kappa shape index (κ2) is 3.91. The molecule has 0 bridgehead atoms. The average Bonchev–Trinajstić information content (AvgIpc) is 2.65. The number of thiophene rings is 1. The Hall–Kier alpha value is -1.17. The van der Waals surface area contributed by atoms with E-state index < -0.39 is 0 Å². The highest BCUT2D eigenvalue weighted by molar-refractivity contribution is 7.17. The number of aromatic nitrogens is 1. The molecule has 0 saturated heterocycles. The molecule has 0 aliphatic carbocycles. The van der Waals surface area contributed by atoms with Gasteiger partial charge in [-0.05, 0) is 17.5 Å². The topological polar surface area (TPSA) is 60.2 Å². The minimum absolute atomic E-state index is 0.500. The second-order valence-corrected chi connectivity index (χ2v) is 3.79. The Balaban J connectivity index is 2.55. The lowest BCUT2D eigenvalue weighted by Gasteiger charge is -2.04. The standard InChI is InChI=1S/C9H11N3OS/c1-13-5-6-4-8(12-10)9-7(11-6)2-3-14-9/h2-4H,5,10H2,1H3,(H,11,12). The molecular formula is C9H11N3OS. The number of nitrogen functional groups attached to an aromatic ring is 1. The third kappa shape index (κ3) is 1.57. The number of pyridine rings is 1. The normalized spacial score (nSPS) is 10.7. The zero-order chi connectivity index (χ0) is 9.97. The number of anilines is 1. The van der Waals surface area contributed by atoms with Crippen LogP contribution in [0.25, 0.3) is 10.2 Å². The van der Waals surface area contributed by atoms with Crippen molar-refractivity contribution in [2.75, 3.05) is 12.5 Å². The molecule has 2 rings (SSSR count). The van der Waals surface area contributed by atoms with Crippen molar-refractivity contribution in [1.82, 2.24) is 4.98 Å². The minimum Gasteiger partial charge on any atom is -0.378 e. The lowest BCUT2D eigenvalue weighted by molar-refractivity contribution is 0.182. The predicted octanol–water partition coefficient (Wildman–Crippen LogP) is 1.73. The Morgan fingerprint density at radius 1 is 1.64 bits per heavy atom. The molecule has 0 spiro atoms. The first kappa shape index (κ1) is 9.39. The highest BCUT2D eigenvalue weighted by Gasteiger charge is 2.05. The van der Waals surface area contributed by atoms with E-state index in [2.05, 4.69) is 10.4 Å². The van der Waals surface area contributed by atoms with Gasteiger partial charge in [-0.3, -0.25) is 5.84 Å². The number of ether oxygens (including phenoxy) is 1. The van der Waals surface area contributed by atoms with Crippen LogP contribution in [0.1, 0.15) is 5.69 Å². The number of nitrogens with two attached hydrogens (primary N) is 1. The Morgan fingerprint density at radius 3 is 3.21 bits per heavy atom. The summed E-state index contributed by atoms with van der Waals surface area (Å²) in [7, 11) is 1.65. The van der Waals surface area contributed by atoms with Crippen LogP contribution < -0.4 is 11.3 Å². The minimum atomic E-state index is 0.500. The molecular weight excluding hydrogens is 198 g/mol. The maximum atomic E-state index is 5.43. The van der Waals surface area contributed by atoms with E-state index in [9.17, 15) is 0 Å². The van der Waals surface area contributed by atoms with Gasteiger partial charge in [-0.25, -0.2) is 4.98 Å². The molecule has 2 heterocycles. The molecule has 2 aromatic rings. The zero-order valence-electron chi connectivity index (χ0n) is 7.78. The fraction of sp³-hybridized carbons (Fsp3) is 0.222. The third-order valence-electron chi connectivity index (χ3n) is 1.91. The molecule has 0 aliphatic heterocycles. The molecule has 0 aliphatic rings. The van der Waals surface area contributed by atoms with E-state index >= 15 is 0 Å². The third-order valence-corrected chi connectivity index (χ3v) is 2.85. The van der Waals surface area contributed by atoms with Crippen LogP contribution in [0.3, 0.4) is 0 Å². The lowest BCUT2D eigenvalue weighted by Crippen LogP contribution is -2.08. The summed E-state index contributed by atoms with van der Waals surface area (Å²) in [6.07, 6.45) is 0. The van der Waals surface area contributed by atoms with Gasteiger partial charge in [0.15, 0.2) is 0 Å². The highest BCUT2D eigenvalue weighted by Crippen LogP contribution is 2.27. The largest absolute Gasteiger partial charge is 0.378 e. The first-order valence-electron chi connectivity index (χ1n) is 4.18. The summed E-state index contributed by atoms with van der Waals surface area (Å²) < 4.78 is 6.10. The first-order valence-corrected chi connectivity index (χ1v) is 5.06. The van der Waals surface area contributed by atoms with Gasteiger partial charge < -0.3 is 10.2 Å². The molecule has 0 atom stereocenters. The molecule has 3 N–H and O–H groups in total. The number of methoxy groups -OCH3 is 1. The van der Waals surface area contributed by atoms with Crippen molar-refractivity contribution in [2.45, 2.75) is 6.61 Å². The van der Waals surface area contributed by atoms with Gasteiger partial charge in [-0.1, -0.05) is 0 Å². The van der Waals surface area contributed by atoms with Gasteiger partial charge >= 0.3 is 0 Å². The van der Waals surface area contributed by atoms with Crippen LogP contribution in [0, 0.1) is 0 Å². The van der Waals surface area contributed by atoms with Crippen LogP contribution in [0.15, 0.2) is 17.5 Å². The molecule has 0 unspecified atom stereocenters. The van der Waals surface area contributed by atoms with Crippen molar-refractivity contribution in [1.29, 1.82) is 0 Å². The van der Waals surface area contributed by atoms with Crippen LogP contribution >= 0.6 is 11.3 Å². The van der Waals surface area contributed by atoms with E-state index in [1.54, 1.807) is 18.4 Å². The fourth-order valence-electron chi connectivity index (χ4n) is 1.34. The van der Waals surface area contributed by atoms with Gasteiger partial charge in [-0.15, -0.1) is 11.3 Å². The Bertz CT molecular complexity index is 441. The predicted molar refractivity (Wildman–Crippen MR) is 58.1 cm³/mol. The summed E-state index contributed by atoms with van der Waals surface area (Å²) >= 11 is 1.62. The zero-order valence-corrected chi connectivity index (χ0v) is 8.60. The van der Waals surface area contributed by atoms with Gasteiger partial charge in [0.05, 0.1) is 28.2 Å². The Labute approximate surface area is 85.7 Å². The van der Waals surface area contributed by atoms with E-state index in [0.717, 1.165) is 21.6 Å². The molecule has 0 fully saturated rings. The maximum Gasteiger partial charge on any atom is 0.0885 e. The number of nitrogens with one attached hydrogen (secondary N) is 1. The number of hydrazine groups is 1. The van der Waals surface area contributed by atoms with E-state index in [0.29, 0.717) is 6.61 Å². The number of fused-ring (bicyclic) bond motifs is 1. The molecule has 74 valence electrons.